The molecule has 9 heteroatoms. The summed E-state index contributed by atoms with van der Waals surface area (Å²) in [5.41, 5.74) is 0.101. The number of aromatic amines is 1. The molecule has 5 N–H and O–H groups in total. The molecular formula is C17H24N6O3. The maximum Gasteiger partial charge on any atom is 0.315 e. The highest BCUT2D eigenvalue weighted by atomic mass is 16.2. The molecule has 3 aliphatic rings. The van der Waals surface area contributed by atoms with Crippen molar-refractivity contribution >= 4 is 17.8 Å². The van der Waals surface area contributed by atoms with Crippen LogP contribution in [0.1, 0.15) is 49.0 Å². The molecule has 1 aliphatic heterocycles. The van der Waals surface area contributed by atoms with Gasteiger partial charge in [0.15, 0.2) is 0 Å². The molecule has 3 fully saturated rings. The molecule has 26 heavy (non-hydrogen) atoms. The van der Waals surface area contributed by atoms with Crippen LogP contribution in [-0.2, 0) is 4.79 Å². The first-order chi connectivity index (χ1) is 12.5. The number of rotatable bonds is 6. The van der Waals surface area contributed by atoms with Crippen molar-refractivity contribution in [2.75, 3.05) is 6.54 Å². The lowest BCUT2D eigenvalue weighted by Gasteiger charge is -2.30. The van der Waals surface area contributed by atoms with Gasteiger partial charge in [0.1, 0.15) is 5.69 Å². The van der Waals surface area contributed by atoms with Gasteiger partial charge in [0.2, 0.25) is 5.91 Å². The van der Waals surface area contributed by atoms with Gasteiger partial charge in [0, 0.05) is 13.0 Å². The van der Waals surface area contributed by atoms with Crippen LogP contribution in [0.3, 0.4) is 0 Å². The summed E-state index contributed by atoms with van der Waals surface area (Å²) in [4.78, 5) is 42.4. The Morgan fingerprint density at radius 1 is 1.23 bits per heavy atom. The van der Waals surface area contributed by atoms with E-state index in [9.17, 15) is 14.4 Å². The molecule has 4 amide bonds. The first-order valence-corrected chi connectivity index (χ1v) is 9.18. The van der Waals surface area contributed by atoms with Crippen molar-refractivity contribution in [3.63, 3.8) is 0 Å². The van der Waals surface area contributed by atoms with Gasteiger partial charge in [-0.3, -0.25) is 9.59 Å². The van der Waals surface area contributed by atoms with Crippen molar-refractivity contribution in [2.45, 2.75) is 56.1 Å². The minimum atomic E-state index is -0.312. The maximum absolute atomic E-state index is 12.5. The standard InChI is InChI=1S/C17H24N6O3/c24-14(6-10-1-2-11-12(5-10)22-16(26)21-11)23-17(3-4-17)8-19-15(25)13-7-18-9-20-13/h7,9-12H,1-6,8H2,(H,18,20)(H,19,25)(H,23,24)(H2,21,22,26). The second-order valence-corrected chi connectivity index (χ2v) is 7.69. The molecule has 2 heterocycles. The predicted octanol–water partition coefficient (Wildman–Crippen LogP) is 0.0285. The van der Waals surface area contributed by atoms with Crippen LogP contribution in [0.25, 0.3) is 0 Å². The van der Waals surface area contributed by atoms with E-state index in [1.807, 2.05) is 0 Å². The van der Waals surface area contributed by atoms with Crippen LogP contribution in [0.15, 0.2) is 12.5 Å². The Morgan fingerprint density at radius 3 is 2.77 bits per heavy atom. The molecule has 1 aromatic heterocycles. The summed E-state index contributed by atoms with van der Waals surface area (Å²) in [6.45, 7) is 0.423. The number of imidazole rings is 1. The average Bonchev–Trinajstić information content (AvgIpc) is 3.01. The van der Waals surface area contributed by atoms with Crippen LogP contribution in [0.5, 0.6) is 0 Å². The van der Waals surface area contributed by atoms with Gasteiger partial charge in [-0.1, -0.05) is 0 Å². The monoisotopic (exact) mass is 360 g/mol. The number of H-pyrrole nitrogens is 1. The third-order valence-electron chi connectivity index (χ3n) is 5.65. The Labute approximate surface area is 151 Å². The second kappa shape index (κ2) is 6.62. The van der Waals surface area contributed by atoms with Crippen LogP contribution in [0.2, 0.25) is 0 Å². The zero-order valence-corrected chi connectivity index (χ0v) is 14.5. The summed E-state index contributed by atoms with van der Waals surface area (Å²) < 4.78 is 0. The lowest BCUT2D eigenvalue weighted by atomic mass is 9.81. The first kappa shape index (κ1) is 16.9. The van der Waals surface area contributed by atoms with Crippen molar-refractivity contribution in [2.24, 2.45) is 5.92 Å². The quantitative estimate of drug-likeness (QED) is 0.490. The fourth-order valence-corrected chi connectivity index (χ4v) is 3.98. The Balaban J connectivity index is 1.23. The molecule has 140 valence electrons. The number of carbonyl (C=O) groups excluding carboxylic acids is 3. The van der Waals surface area contributed by atoms with Crippen LogP contribution in [0.4, 0.5) is 4.79 Å². The van der Waals surface area contributed by atoms with Gasteiger partial charge in [-0.05, 0) is 38.0 Å². The van der Waals surface area contributed by atoms with Crippen molar-refractivity contribution in [3.05, 3.63) is 18.2 Å². The summed E-state index contributed by atoms with van der Waals surface area (Å²) in [7, 11) is 0. The number of aromatic nitrogens is 2. The molecule has 0 spiro atoms. The van der Waals surface area contributed by atoms with E-state index in [1.165, 1.54) is 12.5 Å². The second-order valence-electron chi connectivity index (χ2n) is 7.69. The molecule has 2 aliphatic carbocycles. The van der Waals surface area contributed by atoms with Crippen molar-refractivity contribution in [1.82, 2.24) is 31.2 Å². The Bertz CT molecular complexity index is 699. The number of urea groups is 1. The van der Waals surface area contributed by atoms with E-state index in [4.69, 9.17) is 0 Å². The van der Waals surface area contributed by atoms with E-state index in [0.29, 0.717) is 18.7 Å². The Kier molecular flexibility index (Phi) is 4.29. The van der Waals surface area contributed by atoms with Gasteiger partial charge in [0.05, 0.1) is 30.1 Å². The molecule has 1 aromatic rings. The molecule has 0 radical (unpaired) electrons. The molecule has 3 unspecified atom stereocenters. The number of fused-ring (bicyclic) bond motifs is 1. The van der Waals surface area contributed by atoms with E-state index >= 15 is 0 Å². The highest BCUT2D eigenvalue weighted by Crippen LogP contribution is 2.35. The number of amides is 4. The molecule has 0 bridgehead atoms. The molecule has 2 saturated carbocycles. The molecule has 9 nitrogen and oxygen atoms in total. The predicted molar refractivity (Wildman–Crippen MR) is 92.2 cm³/mol. The minimum Gasteiger partial charge on any atom is -0.349 e. The first-order valence-electron chi connectivity index (χ1n) is 9.18. The normalized spacial score (nSPS) is 28.5. The van der Waals surface area contributed by atoms with Gasteiger partial charge in [-0.2, -0.15) is 0 Å². The fourth-order valence-electron chi connectivity index (χ4n) is 3.98. The highest BCUT2D eigenvalue weighted by Gasteiger charge is 2.45. The number of hydrogen-bond acceptors (Lipinski definition) is 4. The molecular weight excluding hydrogens is 336 g/mol. The zero-order chi connectivity index (χ0) is 18.1. The number of hydrogen-bond donors (Lipinski definition) is 5. The fraction of sp³-hybridized carbons (Fsp3) is 0.647. The Morgan fingerprint density at radius 2 is 2.04 bits per heavy atom. The SMILES string of the molecule is O=C(CC1CCC2NC(=O)NC2C1)NC1(CNC(=O)c2cnc[nH]2)CC1. The van der Waals surface area contributed by atoms with Crippen LogP contribution in [-0.4, -0.2) is 52.0 Å². The lowest BCUT2D eigenvalue weighted by Crippen LogP contribution is -2.47. The van der Waals surface area contributed by atoms with E-state index < -0.39 is 0 Å². The van der Waals surface area contributed by atoms with Gasteiger partial charge in [-0.15, -0.1) is 0 Å². The average molecular weight is 360 g/mol. The Hall–Kier alpha value is -2.58. The van der Waals surface area contributed by atoms with E-state index in [1.54, 1.807) is 0 Å². The summed E-state index contributed by atoms with van der Waals surface area (Å²) in [6.07, 6.45) is 7.83. The molecule has 0 aromatic carbocycles. The van der Waals surface area contributed by atoms with E-state index in [0.717, 1.165) is 32.1 Å². The minimum absolute atomic E-state index is 0.0269. The van der Waals surface area contributed by atoms with Crippen LogP contribution < -0.4 is 21.3 Å². The zero-order valence-electron chi connectivity index (χ0n) is 14.5. The summed E-state index contributed by atoms with van der Waals surface area (Å²) in [5.74, 6) is 0.0941. The maximum atomic E-state index is 12.5. The third-order valence-corrected chi connectivity index (χ3v) is 5.65. The summed E-state index contributed by atoms with van der Waals surface area (Å²) in [6, 6.07) is 0.238. The van der Waals surface area contributed by atoms with Gasteiger partial charge >= 0.3 is 6.03 Å². The number of carbonyl (C=O) groups is 3. The molecule has 3 atom stereocenters. The number of nitrogens with zero attached hydrogens (tertiary/aromatic N) is 1. The smallest absolute Gasteiger partial charge is 0.315 e. The van der Waals surface area contributed by atoms with E-state index in [2.05, 4.69) is 31.2 Å². The van der Waals surface area contributed by atoms with Gasteiger partial charge in [0.25, 0.3) is 5.91 Å². The largest absolute Gasteiger partial charge is 0.349 e. The van der Waals surface area contributed by atoms with Crippen LogP contribution in [0, 0.1) is 5.92 Å². The van der Waals surface area contributed by atoms with Gasteiger partial charge in [-0.25, -0.2) is 9.78 Å². The topological polar surface area (TPSA) is 128 Å². The lowest BCUT2D eigenvalue weighted by molar-refractivity contribution is -0.123. The van der Waals surface area contributed by atoms with Crippen molar-refractivity contribution in [3.8, 4) is 0 Å². The van der Waals surface area contributed by atoms with Crippen molar-refractivity contribution < 1.29 is 14.4 Å². The molecule has 4 rings (SSSR count). The van der Waals surface area contributed by atoms with Gasteiger partial charge < -0.3 is 26.3 Å². The third kappa shape index (κ3) is 3.66. The van der Waals surface area contributed by atoms with E-state index in [-0.39, 0.29) is 41.4 Å². The highest BCUT2D eigenvalue weighted by molar-refractivity contribution is 5.92. The molecule has 1 saturated heterocycles. The van der Waals surface area contributed by atoms with Crippen LogP contribution >= 0.6 is 0 Å². The number of nitrogens with one attached hydrogen (secondary N) is 5. The van der Waals surface area contributed by atoms with Crippen molar-refractivity contribution in [1.29, 1.82) is 0 Å². The summed E-state index contributed by atoms with van der Waals surface area (Å²) in [5, 5.41) is 11.8. The summed E-state index contributed by atoms with van der Waals surface area (Å²) >= 11 is 0.